The molecular formula is C24H32O6S. The normalized spacial score (nSPS) is 21.1. The standard InChI is InChI=1S/C24H32O6S/c1-19-9-11-23(12-10-19)31(25,26)28-16-14-22-17-21(29-24(2,3)30-22)13-15-27-18-20-7-5-4-6-8-20/h4-12,21-22H,13-18H2,1-3H3/t21-,22+/m0/s1. The Kier molecular flexibility index (Phi) is 8.24. The van der Waals surface area contributed by atoms with Gasteiger partial charge in [0.05, 0.1) is 30.3 Å². The Morgan fingerprint density at radius 1 is 0.935 bits per heavy atom. The molecule has 6 nitrogen and oxygen atoms in total. The molecule has 170 valence electrons. The van der Waals surface area contributed by atoms with E-state index in [-0.39, 0.29) is 23.7 Å². The molecule has 7 heteroatoms. The molecule has 0 saturated carbocycles. The molecule has 1 aliphatic rings. The molecule has 0 spiro atoms. The van der Waals surface area contributed by atoms with Crippen molar-refractivity contribution in [2.45, 2.75) is 69.5 Å². The Morgan fingerprint density at radius 3 is 2.19 bits per heavy atom. The summed E-state index contributed by atoms with van der Waals surface area (Å²) in [5, 5.41) is 0. The smallest absolute Gasteiger partial charge is 0.296 e. The Hall–Kier alpha value is -1.77. The van der Waals surface area contributed by atoms with Gasteiger partial charge >= 0.3 is 0 Å². The second-order valence-electron chi connectivity index (χ2n) is 8.32. The van der Waals surface area contributed by atoms with E-state index >= 15 is 0 Å². The molecule has 0 bridgehead atoms. The maximum absolute atomic E-state index is 12.4. The van der Waals surface area contributed by atoms with Crippen LogP contribution in [0.1, 0.15) is 44.2 Å². The van der Waals surface area contributed by atoms with Crippen LogP contribution in [0.4, 0.5) is 0 Å². The minimum atomic E-state index is -3.77. The van der Waals surface area contributed by atoms with Crippen molar-refractivity contribution in [2.75, 3.05) is 13.2 Å². The highest BCUT2D eigenvalue weighted by molar-refractivity contribution is 7.86. The third-order valence-corrected chi connectivity index (χ3v) is 6.44. The van der Waals surface area contributed by atoms with E-state index in [1.54, 1.807) is 24.3 Å². The first-order valence-corrected chi connectivity index (χ1v) is 12.1. The van der Waals surface area contributed by atoms with E-state index in [4.69, 9.17) is 18.4 Å². The highest BCUT2D eigenvalue weighted by Gasteiger charge is 2.35. The summed E-state index contributed by atoms with van der Waals surface area (Å²) in [6, 6.07) is 16.7. The van der Waals surface area contributed by atoms with Crippen LogP contribution in [0, 0.1) is 6.92 Å². The van der Waals surface area contributed by atoms with Crippen molar-refractivity contribution in [1.29, 1.82) is 0 Å². The third-order valence-electron chi connectivity index (χ3n) is 5.11. The number of benzene rings is 2. The fraction of sp³-hybridized carbons (Fsp3) is 0.500. The quantitative estimate of drug-likeness (QED) is 0.391. The van der Waals surface area contributed by atoms with Gasteiger partial charge in [0, 0.05) is 13.0 Å². The van der Waals surface area contributed by atoms with Gasteiger partial charge in [0.1, 0.15) is 0 Å². The zero-order valence-corrected chi connectivity index (χ0v) is 19.3. The molecule has 31 heavy (non-hydrogen) atoms. The summed E-state index contributed by atoms with van der Waals surface area (Å²) in [5.74, 6) is -0.733. The molecule has 0 amide bonds. The second-order valence-corrected chi connectivity index (χ2v) is 9.94. The van der Waals surface area contributed by atoms with Crippen LogP contribution in [0.5, 0.6) is 0 Å². The molecular weight excluding hydrogens is 416 g/mol. The topological polar surface area (TPSA) is 71.1 Å². The van der Waals surface area contributed by atoms with Gasteiger partial charge in [-0.05, 0) is 51.3 Å². The van der Waals surface area contributed by atoms with Crippen molar-refractivity contribution < 1.29 is 26.8 Å². The highest BCUT2D eigenvalue weighted by atomic mass is 32.2. The van der Waals surface area contributed by atoms with E-state index in [0.717, 1.165) is 17.5 Å². The molecule has 3 rings (SSSR count). The summed E-state index contributed by atoms with van der Waals surface area (Å²) < 4.78 is 47.7. The first kappa shape index (κ1) is 23.9. The first-order valence-electron chi connectivity index (χ1n) is 10.7. The molecule has 1 saturated heterocycles. The first-order chi connectivity index (χ1) is 14.7. The van der Waals surface area contributed by atoms with Gasteiger partial charge in [-0.15, -0.1) is 0 Å². The zero-order chi connectivity index (χ0) is 22.3. The summed E-state index contributed by atoms with van der Waals surface area (Å²) in [6.07, 6.45) is 1.73. The number of hydrogen-bond acceptors (Lipinski definition) is 6. The van der Waals surface area contributed by atoms with Crippen LogP contribution in [0.2, 0.25) is 0 Å². The Morgan fingerprint density at radius 2 is 1.55 bits per heavy atom. The van der Waals surface area contributed by atoms with E-state index in [2.05, 4.69) is 0 Å². The third kappa shape index (κ3) is 7.70. The lowest BCUT2D eigenvalue weighted by Crippen LogP contribution is -2.45. The van der Waals surface area contributed by atoms with Crippen molar-refractivity contribution in [1.82, 2.24) is 0 Å². The number of aryl methyl sites for hydroxylation is 1. The SMILES string of the molecule is Cc1ccc(S(=O)(=O)OCC[C@@H]2C[C@H](CCOCc3ccccc3)OC(C)(C)O2)cc1. The van der Waals surface area contributed by atoms with Crippen LogP contribution >= 0.6 is 0 Å². The predicted octanol–water partition coefficient (Wildman–Crippen LogP) is 4.61. The van der Waals surface area contributed by atoms with Gasteiger partial charge in [0.15, 0.2) is 5.79 Å². The number of hydrogen-bond donors (Lipinski definition) is 0. The predicted molar refractivity (Wildman–Crippen MR) is 118 cm³/mol. The summed E-state index contributed by atoms with van der Waals surface area (Å²) in [4.78, 5) is 0.166. The number of ether oxygens (including phenoxy) is 3. The summed E-state index contributed by atoms with van der Waals surface area (Å²) in [6.45, 7) is 6.88. The molecule has 2 aromatic rings. The Labute approximate surface area is 185 Å². The van der Waals surface area contributed by atoms with Gasteiger partial charge < -0.3 is 14.2 Å². The summed E-state index contributed by atoms with van der Waals surface area (Å²) in [7, 11) is -3.77. The minimum Gasteiger partial charge on any atom is -0.377 e. The number of rotatable bonds is 10. The average molecular weight is 449 g/mol. The largest absolute Gasteiger partial charge is 0.377 e. The van der Waals surface area contributed by atoms with Gasteiger partial charge in [-0.25, -0.2) is 0 Å². The van der Waals surface area contributed by atoms with Crippen molar-refractivity contribution in [3.05, 3.63) is 65.7 Å². The van der Waals surface area contributed by atoms with Crippen LogP contribution in [0.25, 0.3) is 0 Å². The lowest BCUT2D eigenvalue weighted by atomic mass is 10.0. The van der Waals surface area contributed by atoms with E-state index in [9.17, 15) is 8.42 Å². The Bertz CT molecular complexity index is 909. The van der Waals surface area contributed by atoms with Crippen molar-refractivity contribution >= 4 is 10.1 Å². The van der Waals surface area contributed by atoms with Crippen LogP contribution < -0.4 is 0 Å². The molecule has 0 N–H and O–H groups in total. The van der Waals surface area contributed by atoms with Gasteiger partial charge in [0.2, 0.25) is 0 Å². The molecule has 0 aromatic heterocycles. The molecule has 0 radical (unpaired) electrons. The summed E-state index contributed by atoms with van der Waals surface area (Å²) in [5.41, 5.74) is 2.14. The molecule has 0 aliphatic carbocycles. The molecule has 2 aromatic carbocycles. The van der Waals surface area contributed by atoms with Crippen LogP contribution in [-0.2, 0) is 35.1 Å². The average Bonchev–Trinajstić information content (AvgIpc) is 2.71. The maximum atomic E-state index is 12.4. The maximum Gasteiger partial charge on any atom is 0.296 e. The lowest BCUT2D eigenvalue weighted by Gasteiger charge is -2.41. The molecule has 0 unspecified atom stereocenters. The van der Waals surface area contributed by atoms with Gasteiger partial charge in [-0.2, -0.15) is 8.42 Å². The Balaban J connectivity index is 1.44. The van der Waals surface area contributed by atoms with E-state index in [1.165, 1.54) is 0 Å². The fourth-order valence-corrected chi connectivity index (χ4v) is 4.54. The van der Waals surface area contributed by atoms with Crippen molar-refractivity contribution in [2.24, 2.45) is 0 Å². The van der Waals surface area contributed by atoms with E-state index in [1.807, 2.05) is 51.1 Å². The van der Waals surface area contributed by atoms with Crippen molar-refractivity contribution in [3.8, 4) is 0 Å². The lowest BCUT2D eigenvalue weighted by molar-refractivity contribution is -0.302. The molecule has 2 atom stereocenters. The molecule has 1 heterocycles. The van der Waals surface area contributed by atoms with Crippen molar-refractivity contribution in [3.63, 3.8) is 0 Å². The van der Waals surface area contributed by atoms with Crippen LogP contribution in [-0.4, -0.2) is 39.6 Å². The monoisotopic (exact) mass is 448 g/mol. The van der Waals surface area contributed by atoms with E-state index in [0.29, 0.717) is 26.1 Å². The van der Waals surface area contributed by atoms with Crippen LogP contribution in [0.3, 0.4) is 0 Å². The fourth-order valence-electron chi connectivity index (χ4n) is 3.61. The van der Waals surface area contributed by atoms with Crippen LogP contribution in [0.15, 0.2) is 59.5 Å². The zero-order valence-electron chi connectivity index (χ0n) is 18.5. The van der Waals surface area contributed by atoms with Gasteiger partial charge in [0.25, 0.3) is 10.1 Å². The highest BCUT2D eigenvalue weighted by Crippen LogP contribution is 2.30. The molecule has 1 fully saturated rings. The molecule has 1 aliphatic heterocycles. The van der Waals surface area contributed by atoms with E-state index < -0.39 is 15.9 Å². The second kappa shape index (κ2) is 10.7. The van der Waals surface area contributed by atoms with Gasteiger partial charge in [-0.1, -0.05) is 48.0 Å². The minimum absolute atomic E-state index is 0.0155. The van der Waals surface area contributed by atoms with Gasteiger partial charge in [-0.3, -0.25) is 4.18 Å². The summed E-state index contributed by atoms with van der Waals surface area (Å²) >= 11 is 0.